The first-order chi connectivity index (χ1) is 13.6. The van der Waals surface area contributed by atoms with Gasteiger partial charge < -0.3 is 19.5 Å². The van der Waals surface area contributed by atoms with E-state index >= 15 is 0 Å². The Balaban J connectivity index is 1.63. The number of ether oxygens (including phenoxy) is 3. The first kappa shape index (κ1) is 17.8. The lowest BCUT2D eigenvalue weighted by Crippen LogP contribution is -2.30. The molecule has 0 aromatic heterocycles. The summed E-state index contributed by atoms with van der Waals surface area (Å²) >= 11 is 0. The van der Waals surface area contributed by atoms with Crippen LogP contribution in [0.5, 0.6) is 17.2 Å². The first-order valence-corrected chi connectivity index (χ1v) is 8.71. The highest BCUT2D eigenvalue weighted by Gasteiger charge is 2.34. The van der Waals surface area contributed by atoms with Crippen LogP contribution in [0.1, 0.15) is 18.1 Å². The zero-order valence-corrected chi connectivity index (χ0v) is 15.0. The number of urea groups is 1. The lowest BCUT2D eigenvalue weighted by molar-refractivity contribution is -0.123. The average Bonchev–Trinajstić information content (AvgIpc) is 3.23. The molecule has 28 heavy (non-hydrogen) atoms. The number of halogens is 1. The van der Waals surface area contributed by atoms with Crippen molar-refractivity contribution in [2.75, 3.05) is 13.4 Å². The van der Waals surface area contributed by atoms with Gasteiger partial charge in [0, 0.05) is 17.2 Å². The molecule has 0 atom stereocenters. The number of benzene rings is 2. The summed E-state index contributed by atoms with van der Waals surface area (Å²) in [5.74, 6) is 0.543. The summed E-state index contributed by atoms with van der Waals surface area (Å²) < 4.78 is 30.2. The van der Waals surface area contributed by atoms with E-state index in [9.17, 15) is 14.0 Å². The Morgan fingerprint density at radius 1 is 1.21 bits per heavy atom. The Kier molecular flexibility index (Phi) is 4.60. The molecule has 4 rings (SSSR count). The van der Waals surface area contributed by atoms with E-state index in [0.717, 1.165) is 4.90 Å². The number of imide groups is 1. The number of hydrogen-bond acceptors (Lipinski definition) is 5. The Labute approximate surface area is 160 Å². The Morgan fingerprint density at radius 2 is 1.96 bits per heavy atom. The van der Waals surface area contributed by atoms with Crippen LogP contribution >= 0.6 is 0 Å². The van der Waals surface area contributed by atoms with Gasteiger partial charge in [0.25, 0.3) is 5.91 Å². The van der Waals surface area contributed by atoms with E-state index in [4.69, 9.17) is 14.2 Å². The number of carbonyl (C=O) groups excluding carboxylic acids is 2. The summed E-state index contributed by atoms with van der Waals surface area (Å²) in [6.07, 6.45) is 1.51. The third kappa shape index (κ3) is 3.24. The van der Waals surface area contributed by atoms with Gasteiger partial charge in [-0.25, -0.2) is 9.18 Å². The predicted molar refractivity (Wildman–Crippen MR) is 97.2 cm³/mol. The molecule has 3 amide bonds. The summed E-state index contributed by atoms with van der Waals surface area (Å²) in [6.45, 7) is 2.19. The standard InChI is InChI=1S/C20H17FN2O5/c1-2-26-16-9-18-17(27-11-28-18)8-13(16)7-15-19(24)23(20(25)22-15)10-12-5-3-4-6-14(12)21/h3-9H,2,10-11H2,1H3,(H,22,25)/b15-7+. The van der Waals surface area contributed by atoms with Gasteiger partial charge in [-0.05, 0) is 25.1 Å². The van der Waals surface area contributed by atoms with Gasteiger partial charge in [0.15, 0.2) is 11.5 Å². The maximum absolute atomic E-state index is 13.9. The summed E-state index contributed by atoms with van der Waals surface area (Å²) in [6, 6.07) is 8.75. The second-order valence-corrected chi connectivity index (χ2v) is 6.15. The molecular formula is C20H17FN2O5. The quantitative estimate of drug-likeness (QED) is 0.633. The van der Waals surface area contributed by atoms with Crippen molar-refractivity contribution in [2.45, 2.75) is 13.5 Å². The fourth-order valence-electron chi connectivity index (χ4n) is 3.00. The highest BCUT2D eigenvalue weighted by molar-refractivity contribution is 6.14. The molecule has 0 radical (unpaired) electrons. The van der Waals surface area contributed by atoms with Crippen LogP contribution in [0.25, 0.3) is 6.08 Å². The van der Waals surface area contributed by atoms with E-state index < -0.39 is 17.8 Å². The van der Waals surface area contributed by atoms with Gasteiger partial charge in [-0.3, -0.25) is 9.69 Å². The smallest absolute Gasteiger partial charge is 0.329 e. The van der Waals surface area contributed by atoms with Gasteiger partial charge in [-0.15, -0.1) is 0 Å². The minimum absolute atomic E-state index is 0.0705. The predicted octanol–water partition coefficient (Wildman–Crippen LogP) is 3.05. The van der Waals surface area contributed by atoms with Crippen LogP contribution in [0.15, 0.2) is 42.1 Å². The molecule has 0 saturated carbocycles. The molecule has 8 heteroatoms. The highest BCUT2D eigenvalue weighted by Crippen LogP contribution is 2.39. The van der Waals surface area contributed by atoms with Gasteiger partial charge in [0.2, 0.25) is 6.79 Å². The second-order valence-electron chi connectivity index (χ2n) is 6.15. The third-order valence-electron chi connectivity index (χ3n) is 4.35. The maximum Gasteiger partial charge on any atom is 0.329 e. The summed E-state index contributed by atoms with van der Waals surface area (Å²) in [7, 11) is 0. The molecule has 0 aliphatic carbocycles. The van der Waals surface area contributed by atoms with Crippen molar-refractivity contribution in [3.05, 3.63) is 59.0 Å². The summed E-state index contributed by atoms with van der Waals surface area (Å²) in [5.41, 5.74) is 0.883. The van der Waals surface area contributed by atoms with Gasteiger partial charge in [-0.1, -0.05) is 18.2 Å². The van der Waals surface area contributed by atoms with Gasteiger partial charge in [0.1, 0.15) is 17.3 Å². The highest BCUT2D eigenvalue weighted by atomic mass is 19.1. The van der Waals surface area contributed by atoms with Crippen LogP contribution < -0.4 is 19.5 Å². The topological polar surface area (TPSA) is 77.1 Å². The molecule has 1 fully saturated rings. The molecule has 2 heterocycles. The largest absolute Gasteiger partial charge is 0.493 e. The number of nitrogens with one attached hydrogen (secondary N) is 1. The molecule has 0 bridgehead atoms. The number of rotatable bonds is 5. The molecule has 2 aromatic carbocycles. The number of amides is 3. The normalized spacial score (nSPS) is 16.6. The molecule has 0 spiro atoms. The van der Waals surface area contributed by atoms with Crippen molar-refractivity contribution in [3.63, 3.8) is 0 Å². The van der Waals surface area contributed by atoms with Crippen molar-refractivity contribution >= 4 is 18.0 Å². The molecule has 144 valence electrons. The third-order valence-corrected chi connectivity index (χ3v) is 4.35. The molecule has 2 aliphatic heterocycles. The molecule has 0 unspecified atom stereocenters. The Bertz CT molecular complexity index is 989. The summed E-state index contributed by atoms with van der Waals surface area (Å²) in [4.78, 5) is 25.9. The minimum atomic E-state index is -0.613. The van der Waals surface area contributed by atoms with Crippen LogP contribution in [0, 0.1) is 5.82 Å². The van der Waals surface area contributed by atoms with Crippen LogP contribution in [0.3, 0.4) is 0 Å². The monoisotopic (exact) mass is 384 g/mol. The van der Waals surface area contributed by atoms with E-state index in [1.165, 1.54) is 18.2 Å². The lowest BCUT2D eigenvalue weighted by atomic mass is 10.1. The Hall–Kier alpha value is -3.55. The minimum Gasteiger partial charge on any atom is -0.493 e. The van der Waals surface area contributed by atoms with Crippen LogP contribution in [0.4, 0.5) is 9.18 Å². The molecule has 7 nitrogen and oxygen atoms in total. The second kappa shape index (κ2) is 7.22. The lowest BCUT2D eigenvalue weighted by Gasteiger charge is -2.12. The molecular weight excluding hydrogens is 367 g/mol. The van der Waals surface area contributed by atoms with Crippen LogP contribution in [0.2, 0.25) is 0 Å². The van der Waals surface area contributed by atoms with Gasteiger partial charge in [-0.2, -0.15) is 0 Å². The van der Waals surface area contributed by atoms with Gasteiger partial charge >= 0.3 is 6.03 Å². The van der Waals surface area contributed by atoms with E-state index in [1.54, 1.807) is 24.3 Å². The maximum atomic E-state index is 13.9. The van der Waals surface area contributed by atoms with Crippen molar-refractivity contribution in [1.82, 2.24) is 10.2 Å². The average molecular weight is 384 g/mol. The summed E-state index contributed by atoms with van der Waals surface area (Å²) in [5, 5.41) is 2.53. The van der Waals surface area contributed by atoms with E-state index in [1.807, 2.05) is 6.92 Å². The zero-order valence-electron chi connectivity index (χ0n) is 15.0. The van der Waals surface area contributed by atoms with Gasteiger partial charge in [0.05, 0.1) is 13.2 Å². The fraction of sp³-hybridized carbons (Fsp3) is 0.200. The van der Waals surface area contributed by atoms with E-state index in [2.05, 4.69) is 5.32 Å². The van der Waals surface area contributed by atoms with E-state index in [-0.39, 0.29) is 24.6 Å². The van der Waals surface area contributed by atoms with Crippen molar-refractivity contribution < 1.29 is 28.2 Å². The molecule has 2 aliphatic rings. The zero-order chi connectivity index (χ0) is 19.7. The van der Waals surface area contributed by atoms with Crippen LogP contribution in [-0.2, 0) is 11.3 Å². The Morgan fingerprint density at radius 3 is 2.71 bits per heavy atom. The van der Waals surface area contributed by atoms with Crippen LogP contribution in [-0.4, -0.2) is 30.2 Å². The number of nitrogens with zero attached hydrogens (tertiary/aromatic N) is 1. The van der Waals surface area contributed by atoms with Crippen molar-refractivity contribution in [2.24, 2.45) is 0 Å². The SMILES string of the molecule is CCOc1cc2c(cc1/C=C1/NC(=O)N(Cc3ccccc3F)C1=O)OCO2. The number of fused-ring (bicyclic) bond motifs is 1. The van der Waals surface area contributed by atoms with Crippen molar-refractivity contribution in [3.8, 4) is 17.2 Å². The molecule has 2 aromatic rings. The van der Waals surface area contributed by atoms with Crippen molar-refractivity contribution in [1.29, 1.82) is 0 Å². The van der Waals surface area contributed by atoms with E-state index in [0.29, 0.717) is 29.4 Å². The number of hydrogen-bond donors (Lipinski definition) is 1. The molecule has 1 saturated heterocycles. The molecule has 1 N–H and O–H groups in total. The number of carbonyl (C=O) groups is 2. The first-order valence-electron chi connectivity index (χ1n) is 8.71. The fourth-order valence-corrected chi connectivity index (χ4v) is 3.00.